The molecule has 1 saturated heterocycles. The normalized spacial score (nSPS) is 52.6. The van der Waals surface area contributed by atoms with Gasteiger partial charge in [-0.3, -0.25) is 9.98 Å². The number of alkyl halides is 1. The van der Waals surface area contributed by atoms with E-state index in [1.54, 1.807) is 0 Å². The number of hydrogen-bond acceptors (Lipinski definition) is 4. The first kappa shape index (κ1) is 21.3. The fourth-order valence-corrected chi connectivity index (χ4v) is 6.59. The van der Waals surface area contributed by atoms with Gasteiger partial charge in [0.2, 0.25) is 0 Å². The highest BCUT2D eigenvalue weighted by atomic mass is 35.5. The SMILES string of the molecule is C=N[C@@H]1[C@@H]2[C@@H]([C@@]3(C)CC[C@@H](Cl)C(C)(C)O3)CC[C@](C)(N=C)[C@H]2CC[C@@]1(C)O. The monoisotopic (exact) mass is 396 g/mol. The van der Waals surface area contributed by atoms with E-state index in [1.807, 2.05) is 6.92 Å². The van der Waals surface area contributed by atoms with Gasteiger partial charge in [0.15, 0.2) is 0 Å². The van der Waals surface area contributed by atoms with Crippen molar-refractivity contribution in [1.29, 1.82) is 0 Å². The molecule has 1 heterocycles. The van der Waals surface area contributed by atoms with Gasteiger partial charge in [0, 0.05) is 0 Å². The van der Waals surface area contributed by atoms with Crippen LogP contribution in [0.3, 0.4) is 0 Å². The van der Waals surface area contributed by atoms with Crippen LogP contribution in [0.4, 0.5) is 0 Å². The number of nitrogens with zero attached hydrogens (tertiary/aromatic N) is 2. The molecule has 0 amide bonds. The van der Waals surface area contributed by atoms with Crippen LogP contribution in [-0.2, 0) is 4.74 Å². The van der Waals surface area contributed by atoms with E-state index in [-0.39, 0.29) is 34.1 Å². The molecule has 0 aromatic heterocycles. The fraction of sp³-hybridized carbons (Fsp3) is 0.909. The molecular weight excluding hydrogens is 360 g/mol. The van der Waals surface area contributed by atoms with E-state index >= 15 is 0 Å². The lowest BCUT2D eigenvalue weighted by Gasteiger charge is -2.60. The molecule has 1 N–H and O–H groups in total. The molecule has 0 unspecified atom stereocenters. The number of hydrogen-bond donors (Lipinski definition) is 1. The largest absolute Gasteiger partial charge is 0.388 e. The highest BCUT2D eigenvalue weighted by molar-refractivity contribution is 6.21. The molecule has 0 bridgehead atoms. The lowest BCUT2D eigenvalue weighted by molar-refractivity contribution is -0.220. The van der Waals surface area contributed by atoms with Crippen molar-refractivity contribution in [3.8, 4) is 0 Å². The van der Waals surface area contributed by atoms with Crippen LogP contribution in [0.2, 0.25) is 0 Å². The molecule has 3 rings (SSSR count). The maximum Gasteiger partial charge on any atom is 0.0844 e. The molecule has 3 aliphatic rings. The van der Waals surface area contributed by atoms with Gasteiger partial charge in [0.05, 0.1) is 33.8 Å². The van der Waals surface area contributed by atoms with Gasteiger partial charge >= 0.3 is 0 Å². The Balaban J connectivity index is 2.02. The molecule has 3 fully saturated rings. The second kappa shape index (κ2) is 6.81. The van der Waals surface area contributed by atoms with Crippen LogP contribution in [0.1, 0.15) is 73.1 Å². The van der Waals surface area contributed by atoms with Crippen LogP contribution in [-0.4, -0.2) is 52.3 Å². The summed E-state index contributed by atoms with van der Waals surface area (Å²) in [7, 11) is 0. The molecule has 8 atom stereocenters. The third-order valence-electron chi connectivity index (χ3n) is 8.14. The van der Waals surface area contributed by atoms with E-state index in [9.17, 15) is 5.11 Å². The van der Waals surface area contributed by atoms with E-state index in [4.69, 9.17) is 16.3 Å². The molecule has 0 spiro atoms. The molecular formula is C22H37ClN2O2. The number of halogens is 1. The van der Waals surface area contributed by atoms with Crippen LogP contribution in [0.5, 0.6) is 0 Å². The third-order valence-corrected chi connectivity index (χ3v) is 8.88. The molecule has 154 valence electrons. The zero-order valence-corrected chi connectivity index (χ0v) is 18.4. The number of fused-ring (bicyclic) bond motifs is 1. The van der Waals surface area contributed by atoms with Gasteiger partial charge < -0.3 is 9.84 Å². The Hall–Kier alpha value is -0.450. The average molecular weight is 397 g/mol. The highest BCUT2D eigenvalue weighted by Crippen LogP contribution is 2.58. The van der Waals surface area contributed by atoms with Gasteiger partial charge in [-0.1, -0.05) is 0 Å². The maximum absolute atomic E-state index is 11.1. The molecule has 0 radical (unpaired) electrons. The smallest absolute Gasteiger partial charge is 0.0844 e. The summed E-state index contributed by atoms with van der Waals surface area (Å²) in [5, 5.41) is 11.1. The molecule has 2 saturated carbocycles. The molecule has 5 heteroatoms. The summed E-state index contributed by atoms with van der Waals surface area (Å²) in [6, 6.07) is -0.208. The third kappa shape index (κ3) is 3.40. The minimum Gasteiger partial charge on any atom is -0.388 e. The van der Waals surface area contributed by atoms with Crippen molar-refractivity contribution in [2.75, 3.05) is 0 Å². The topological polar surface area (TPSA) is 54.2 Å². The summed E-state index contributed by atoms with van der Waals surface area (Å²) in [6.45, 7) is 18.3. The standard InChI is InChI=1S/C22H37ClN2O2/c1-19(2)16(23)10-13-22(5,27-19)15-8-11-20(3,25-7)14-9-12-21(4,26)18(24-6)17(14)15/h14-18,26H,6-13H2,1-5H3/t14-,15-,16+,17-,18+,20-,21+,22+/m0/s1. The number of aliphatic imine (C=N–C) groups is 2. The van der Waals surface area contributed by atoms with E-state index in [0.717, 1.165) is 38.5 Å². The Bertz CT molecular complexity index is 607. The Kier molecular flexibility index (Phi) is 5.36. The number of aliphatic hydroxyl groups is 1. The second-order valence-electron chi connectivity index (χ2n) is 10.4. The van der Waals surface area contributed by atoms with Gasteiger partial charge in [-0.05, 0) is 104 Å². The van der Waals surface area contributed by atoms with Crippen molar-refractivity contribution in [2.24, 2.45) is 27.7 Å². The van der Waals surface area contributed by atoms with Gasteiger partial charge in [0.1, 0.15) is 0 Å². The highest BCUT2D eigenvalue weighted by Gasteiger charge is 2.61. The summed E-state index contributed by atoms with van der Waals surface area (Å²) in [4.78, 5) is 9.04. The molecule has 0 aromatic rings. The van der Waals surface area contributed by atoms with Crippen molar-refractivity contribution in [3.63, 3.8) is 0 Å². The minimum atomic E-state index is -0.837. The number of rotatable bonds is 3. The summed E-state index contributed by atoms with van der Waals surface area (Å²) >= 11 is 6.56. The Morgan fingerprint density at radius 3 is 2.15 bits per heavy atom. The Labute approximate surface area is 169 Å². The van der Waals surface area contributed by atoms with Crippen molar-refractivity contribution in [2.45, 2.75) is 107 Å². The fourth-order valence-electron chi connectivity index (χ4n) is 6.44. The second-order valence-corrected chi connectivity index (χ2v) is 10.9. The predicted molar refractivity (Wildman–Crippen MR) is 113 cm³/mol. The Morgan fingerprint density at radius 1 is 0.963 bits per heavy atom. The first-order valence-electron chi connectivity index (χ1n) is 10.4. The van der Waals surface area contributed by atoms with Crippen molar-refractivity contribution in [3.05, 3.63) is 0 Å². The summed E-state index contributed by atoms with van der Waals surface area (Å²) < 4.78 is 6.70. The Morgan fingerprint density at radius 2 is 1.59 bits per heavy atom. The molecule has 0 aromatic carbocycles. The first-order chi connectivity index (χ1) is 12.4. The van der Waals surface area contributed by atoms with Crippen LogP contribution in [0.15, 0.2) is 9.98 Å². The summed E-state index contributed by atoms with van der Waals surface area (Å²) in [5.74, 6) is 0.813. The number of ether oxygens (including phenoxy) is 1. The van der Waals surface area contributed by atoms with E-state index < -0.39 is 5.60 Å². The first-order valence-corrected chi connectivity index (χ1v) is 10.8. The van der Waals surface area contributed by atoms with Crippen LogP contribution >= 0.6 is 11.6 Å². The molecule has 27 heavy (non-hydrogen) atoms. The zero-order chi connectivity index (χ0) is 20.3. The summed E-state index contributed by atoms with van der Waals surface area (Å²) in [6.07, 6.45) is 5.54. The van der Waals surface area contributed by atoms with Crippen LogP contribution in [0.25, 0.3) is 0 Å². The summed E-state index contributed by atoms with van der Waals surface area (Å²) in [5.41, 5.74) is -1.65. The van der Waals surface area contributed by atoms with Crippen molar-refractivity contribution >= 4 is 25.0 Å². The van der Waals surface area contributed by atoms with Gasteiger partial charge in [-0.25, -0.2) is 0 Å². The van der Waals surface area contributed by atoms with E-state index in [2.05, 4.69) is 51.1 Å². The van der Waals surface area contributed by atoms with Crippen molar-refractivity contribution < 1.29 is 9.84 Å². The van der Waals surface area contributed by atoms with Gasteiger partial charge in [-0.15, -0.1) is 11.6 Å². The molecule has 4 nitrogen and oxygen atoms in total. The molecule has 2 aliphatic carbocycles. The lowest BCUT2D eigenvalue weighted by Crippen LogP contribution is -2.64. The van der Waals surface area contributed by atoms with Crippen LogP contribution < -0.4 is 0 Å². The predicted octanol–water partition coefficient (Wildman–Crippen LogP) is 4.66. The zero-order valence-electron chi connectivity index (χ0n) is 17.7. The lowest BCUT2D eigenvalue weighted by atomic mass is 9.51. The quantitative estimate of drug-likeness (QED) is 0.557. The molecule has 1 aliphatic heterocycles. The van der Waals surface area contributed by atoms with E-state index in [0.29, 0.717) is 11.8 Å². The van der Waals surface area contributed by atoms with E-state index in [1.165, 1.54) is 0 Å². The maximum atomic E-state index is 11.1. The minimum absolute atomic E-state index is 0.0212. The van der Waals surface area contributed by atoms with Gasteiger partial charge in [-0.2, -0.15) is 0 Å². The van der Waals surface area contributed by atoms with Gasteiger partial charge in [0.25, 0.3) is 0 Å². The average Bonchev–Trinajstić information content (AvgIpc) is 2.57. The van der Waals surface area contributed by atoms with Crippen molar-refractivity contribution in [1.82, 2.24) is 0 Å². The van der Waals surface area contributed by atoms with Crippen LogP contribution in [0, 0.1) is 17.8 Å².